The maximum absolute atomic E-state index is 2.27. The molecular weight excluding hydrogens is 256 g/mol. The van der Waals surface area contributed by atoms with Crippen LogP contribution in [0.4, 0.5) is 5.69 Å². The molecule has 0 bridgehead atoms. The first-order chi connectivity index (χ1) is 10.1. The summed E-state index contributed by atoms with van der Waals surface area (Å²) in [6, 6.07) is 17.4. The van der Waals surface area contributed by atoms with Crippen molar-refractivity contribution in [3.05, 3.63) is 60.3 Å². The molecule has 2 heteroatoms. The standard InChI is InChI=1S/C19H21N2/c1-14-7-5-6-8-17(14)19-18-13-16(20(2)3)10-9-15(18)11-12-21(19)4/h5-13H,1-4H3/q+1. The van der Waals surface area contributed by atoms with Crippen molar-refractivity contribution in [2.24, 2.45) is 7.05 Å². The fraction of sp³-hybridized carbons (Fsp3) is 0.211. The number of fused-ring (bicyclic) bond motifs is 1. The minimum absolute atomic E-state index is 1.23. The summed E-state index contributed by atoms with van der Waals surface area (Å²) in [4.78, 5) is 2.15. The molecule has 0 saturated heterocycles. The number of pyridine rings is 1. The van der Waals surface area contributed by atoms with Crippen LogP contribution in [0.1, 0.15) is 5.56 Å². The lowest BCUT2D eigenvalue weighted by Gasteiger charge is -2.14. The molecule has 0 radical (unpaired) electrons. The Morgan fingerprint density at radius 3 is 2.43 bits per heavy atom. The third kappa shape index (κ3) is 2.38. The SMILES string of the molecule is Cc1ccccc1-c1c2cc(N(C)C)ccc2cc[n+]1C. The molecule has 21 heavy (non-hydrogen) atoms. The normalized spacial score (nSPS) is 10.9. The molecule has 3 aromatic rings. The first kappa shape index (κ1) is 13.6. The number of anilines is 1. The topological polar surface area (TPSA) is 7.12 Å². The van der Waals surface area contributed by atoms with Crippen LogP contribution in [0.2, 0.25) is 0 Å². The molecular formula is C19H21N2+. The summed E-state index contributed by atoms with van der Waals surface area (Å²) >= 11 is 0. The molecule has 0 atom stereocenters. The van der Waals surface area contributed by atoms with Crippen LogP contribution in [0.3, 0.4) is 0 Å². The van der Waals surface area contributed by atoms with Crippen molar-refractivity contribution in [1.29, 1.82) is 0 Å². The lowest BCUT2D eigenvalue weighted by molar-refractivity contribution is -0.659. The number of hydrogen-bond donors (Lipinski definition) is 0. The highest BCUT2D eigenvalue weighted by atomic mass is 15.1. The molecule has 0 aliphatic heterocycles. The van der Waals surface area contributed by atoms with Crippen molar-refractivity contribution in [2.75, 3.05) is 19.0 Å². The van der Waals surface area contributed by atoms with E-state index in [1.54, 1.807) is 0 Å². The van der Waals surface area contributed by atoms with Crippen LogP contribution in [-0.4, -0.2) is 14.1 Å². The van der Waals surface area contributed by atoms with Gasteiger partial charge in [0.05, 0.1) is 5.39 Å². The highest BCUT2D eigenvalue weighted by Gasteiger charge is 2.17. The van der Waals surface area contributed by atoms with Gasteiger partial charge < -0.3 is 4.90 Å². The number of aryl methyl sites for hydroxylation is 2. The van der Waals surface area contributed by atoms with Gasteiger partial charge in [-0.1, -0.05) is 24.3 Å². The second-order valence-electron chi connectivity index (χ2n) is 5.76. The van der Waals surface area contributed by atoms with E-state index in [1.165, 1.54) is 33.3 Å². The summed E-state index contributed by atoms with van der Waals surface area (Å²) in [6.45, 7) is 2.17. The number of rotatable bonds is 2. The van der Waals surface area contributed by atoms with E-state index in [9.17, 15) is 0 Å². The largest absolute Gasteiger partial charge is 0.378 e. The van der Waals surface area contributed by atoms with Crippen LogP contribution in [-0.2, 0) is 7.05 Å². The minimum atomic E-state index is 1.23. The molecule has 0 unspecified atom stereocenters. The first-order valence-corrected chi connectivity index (χ1v) is 7.23. The number of benzene rings is 2. The smallest absolute Gasteiger partial charge is 0.220 e. The molecule has 1 aromatic heterocycles. The van der Waals surface area contributed by atoms with E-state index in [4.69, 9.17) is 0 Å². The van der Waals surface area contributed by atoms with Crippen molar-refractivity contribution in [3.8, 4) is 11.3 Å². The fourth-order valence-electron chi connectivity index (χ4n) is 2.80. The molecule has 106 valence electrons. The molecule has 3 rings (SSSR count). The van der Waals surface area contributed by atoms with Crippen LogP contribution in [0, 0.1) is 6.92 Å². The Hall–Kier alpha value is -2.35. The number of hydrogen-bond acceptors (Lipinski definition) is 1. The van der Waals surface area contributed by atoms with Crippen LogP contribution in [0.25, 0.3) is 22.0 Å². The van der Waals surface area contributed by atoms with E-state index in [2.05, 4.69) is 92.3 Å². The van der Waals surface area contributed by atoms with Gasteiger partial charge in [0, 0.05) is 31.4 Å². The Kier molecular flexibility index (Phi) is 3.38. The van der Waals surface area contributed by atoms with Crippen molar-refractivity contribution in [3.63, 3.8) is 0 Å². The predicted molar refractivity (Wildman–Crippen MR) is 89.6 cm³/mol. The Morgan fingerprint density at radius 2 is 1.71 bits per heavy atom. The highest BCUT2D eigenvalue weighted by Crippen LogP contribution is 2.30. The monoisotopic (exact) mass is 277 g/mol. The molecule has 1 heterocycles. The quantitative estimate of drug-likeness (QED) is 0.648. The highest BCUT2D eigenvalue weighted by molar-refractivity contribution is 5.95. The summed E-state index contributed by atoms with van der Waals surface area (Å²) in [5.41, 5.74) is 5.09. The van der Waals surface area contributed by atoms with E-state index in [-0.39, 0.29) is 0 Å². The zero-order chi connectivity index (χ0) is 15.0. The lowest BCUT2D eigenvalue weighted by atomic mass is 9.99. The summed E-state index contributed by atoms with van der Waals surface area (Å²) < 4.78 is 2.21. The van der Waals surface area contributed by atoms with Crippen LogP contribution in [0.5, 0.6) is 0 Å². The van der Waals surface area contributed by atoms with Gasteiger partial charge >= 0.3 is 0 Å². The summed E-state index contributed by atoms with van der Waals surface area (Å²) in [7, 11) is 6.28. The summed E-state index contributed by atoms with van der Waals surface area (Å²) in [5, 5.41) is 2.57. The van der Waals surface area contributed by atoms with Gasteiger partial charge in [0.1, 0.15) is 7.05 Å². The van der Waals surface area contributed by atoms with Crippen molar-refractivity contribution in [2.45, 2.75) is 6.92 Å². The van der Waals surface area contributed by atoms with Crippen molar-refractivity contribution >= 4 is 16.5 Å². The van der Waals surface area contributed by atoms with E-state index in [1.807, 2.05) is 0 Å². The second-order valence-corrected chi connectivity index (χ2v) is 5.76. The van der Waals surface area contributed by atoms with Crippen LogP contribution >= 0.6 is 0 Å². The first-order valence-electron chi connectivity index (χ1n) is 7.23. The zero-order valence-electron chi connectivity index (χ0n) is 13.1. The van der Waals surface area contributed by atoms with Gasteiger partial charge in [0.15, 0.2) is 6.20 Å². The molecule has 0 aliphatic carbocycles. The Morgan fingerprint density at radius 1 is 0.952 bits per heavy atom. The molecule has 0 spiro atoms. The maximum atomic E-state index is 2.27. The van der Waals surface area contributed by atoms with Gasteiger partial charge in [-0.3, -0.25) is 0 Å². The molecule has 2 nitrogen and oxygen atoms in total. The minimum Gasteiger partial charge on any atom is -0.378 e. The van der Waals surface area contributed by atoms with Gasteiger partial charge in [0.2, 0.25) is 5.69 Å². The second kappa shape index (κ2) is 5.21. The average Bonchev–Trinajstić information content (AvgIpc) is 2.48. The number of aromatic nitrogens is 1. The summed E-state index contributed by atoms with van der Waals surface area (Å²) in [6.07, 6.45) is 2.14. The van der Waals surface area contributed by atoms with Crippen LogP contribution < -0.4 is 9.47 Å². The van der Waals surface area contributed by atoms with Crippen molar-refractivity contribution in [1.82, 2.24) is 0 Å². The molecule has 0 amide bonds. The van der Waals surface area contributed by atoms with E-state index in [0.717, 1.165) is 0 Å². The molecule has 0 saturated carbocycles. The van der Waals surface area contributed by atoms with E-state index >= 15 is 0 Å². The molecule has 2 aromatic carbocycles. The van der Waals surface area contributed by atoms with Gasteiger partial charge in [-0.25, -0.2) is 4.57 Å². The predicted octanol–water partition coefficient (Wildman–Crippen LogP) is 3.71. The number of nitrogens with zero attached hydrogens (tertiary/aromatic N) is 2. The Labute approximate surface area is 126 Å². The third-order valence-corrected chi connectivity index (χ3v) is 4.04. The zero-order valence-corrected chi connectivity index (χ0v) is 13.1. The maximum Gasteiger partial charge on any atom is 0.220 e. The van der Waals surface area contributed by atoms with E-state index in [0.29, 0.717) is 0 Å². The molecule has 0 aliphatic rings. The van der Waals surface area contributed by atoms with Crippen LogP contribution in [0.15, 0.2) is 54.7 Å². The summed E-state index contributed by atoms with van der Waals surface area (Å²) in [5.74, 6) is 0. The molecule has 0 fully saturated rings. The van der Waals surface area contributed by atoms with Gasteiger partial charge in [-0.2, -0.15) is 0 Å². The Bertz CT molecular complexity index is 804. The van der Waals surface area contributed by atoms with Crippen molar-refractivity contribution < 1.29 is 4.57 Å². The molecule has 0 N–H and O–H groups in total. The average molecular weight is 277 g/mol. The third-order valence-electron chi connectivity index (χ3n) is 4.04. The lowest BCUT2D eigenvalue weighted by Crippen LogP contribution is -2.30. The van der Waals surface area contributed by atoms with Gasteiger partial charge in [-0.05, 0) is 36.1 Å². The van der Waals surface area contributed by atoms with Gasteiger partial charge in [0.25, 0.3) is 0 Å². The fourth-order valence-corrected chi connectivity index (χ4v) is 2.80. The van der Waals surface area contributed by atoms with Gasteiger partial charge in [-0.15, -0.1) is 0 Å². The van der Waals surface area contributed by atoms with E-state index < -0.39 is 0 Å². The Balaban J connectivity index is 2.37.